The van der Waals surface area contributed by atoms with Gasteiger partial charge in [-0.1, -0.05) is 26.7 Å². The van der Waals surface area contributed by atoms with Crippen molar-refractivity contribution in [2.24, 2.45) is 5.41 Å². The third-order valence-corrected chi connectivity index (χ3v) is 4.01. The molecule has 2 rings (SSSR count). The lowest BCUT2D eigenvalue weighted by Gasteiger charge is -2.39. The Morgan fingerprint density at radius 2 is 2.22 bits per heavy atom. The SMILES string of the molecule is Cc1[nH]nc(N)c1C(=O)NC1CCCCC1(C)C. The van der Waals surface area contributed by atoms with Crippen LogP contribution in [-0.4, -0.2) is 22.1 Å². The molecule has 1 unspecified atom stereocenters. The van der Waals surface area contributed by atoms with Gasteiger partial charge in [-0.3, -0.25) is 9.89 Å². The number of carbonyl (C=O) groups is 1. The second-order valence-corrected chi connectivity index (χ2v) is 5.87. The van der Waals surface area contributed by atoms with Gasteiger partial charge in [0.15, 0.2) is 5.82 Å². The normalized spacial score (nSPS) is 22.7. The van der Waals surface area contributed by atoms with Crippen molar-refractivity contribution >= 4 is 11.7 Å². The lowest BCUT2D eigenvalue weighted by molar-refractivity contribution is 0.0854. The summed E-state index contributed by atoms with van der Waals surface area (Å²) in [4.78, 5) is 12.3. The van der Waals surface area contributed by atoms with E-state index < -0.39 is 0 Å². The van der Waals surface area contributed by atoms with E-state index in [-0.39, 0.29) is 23.2 Å². The van der Waals surface area contributed by atoms with Crippen molar-refractivity contribution in [2.75, 3.05) is 5.73 Å². The number of carbonyl (C=O) groups excluding carboxylic acids is 1. The largest absolute Gasteiger partial charge is 0.382 e. The zero-order valence-electron chi connectivity index (χ0n) is 11.3. The quantitative estimate of drug-likeness (QED) is 0.750. The zero-order chi connectivity index (χ0) is 13.3. The number of hydrogen-bond acceptors (Lipinski definition) is 3. The summed E-state index contributed by atoms with van der Waals surface area (Å²) in [6.07, 6.45) is 4.60. The van der Waals surface area contributed by atoms with Crippen LogP contribution in [0.25, 0.3) is 0 Å². The Morgan fingerprint density at radius 1 is 1.50 bits per heavy atom. The van der Waals surface area contributed by atoms with Gasteiger partial charge in [-0.2, -0.15) is 5.10 Å². The van der Waals surface area contributed by atoms with Crippen LogP contribution in [0.4, 0.5) is 5.82 Å². The third kappa shape index (κ3) is 2.35. The number of nitrogens with two attached hydrogens (primary N) is 1. The van der Waals surface area contributed by atoms with Crippen molar-refractivity contribution in [3.8, 4) is 0 Å². The minimum absolute atomic E-state index is 0.112. The van der Waals surface area contributed by atoms with Crippen molar-refractivity contribution in [2.45, 2.75) is 52.5 Å². The van der Waals surface area contributed by atoms with Gasteiger partial charge in [0.1, 0.15) is 5.56 Å². The van der Waals surface area contributed by atoms with E-state index in [0.29, 0.717) is 5.56 Å². The van der Waals surface area contributed by atoms with E-state index in [4.69, 9.17) is 5.73 Å². The van der Waals surface area contributed by atoms with Crippen LogP contribution in [0, 0.1) is 12.3 Å². The average molecular weight is 250 g/mol. The number of hydrogen-bond donors (Lipinski definition) is 3. The number of aryl methyl sites for hydroxylation is 1. The molecule has 1 aliphatic rings. The maximum absolute atomic E-state index is 12.3. The van der Waals surface area contributed by atoms with Crippen molar-refractivity contribution in [3.05, 3.63) is 11.3 Å². The molecule has 100 valence electrons. The van der Waals surface area contributed by atoms with Crippen molar-refractivity contribution in [1.29, 1.82) is 0 Å². The predicted octanol–water partition coefficient (Wildman–Crippen LogP) is 2.00. The van der Waals surface area contributed by atoms with Gasteiger partial charge in [0.05, 0.1) is 0 Å². The first kappa shape index (κ1) is 12.9. The molecule has 1 amide bonds. The number of aromatic amines is 1. The van der Waals surface area contributed by atoms with Gasteiger partial charge in [-0.15, -0.1) is 0 Å². The Balaban J connectivity index is 2.12. The summed E-state index contributed by atoms with van der Waals surface area (Å²) in [7, 11) is 0. The second-order valence-electron chi connectivity index (χ2n) is 5.87. The first-order chi connectivity index (χ1) is 8.42. The highest BCUT2D eigenvalue weighted by atomic mass is 16.1. The molecule has 0 radical (unpaired) electrons. The summed E-state index contributed by atoms with van der Waals surface area (Å²) < 4.78 is 0. The van der Waals surface area contributed by atoms with Crippen LogP contribution in [-0.2, 0) is 0 Å². The number of nitrogen functional groups attached to an aromatic ring is 1. The van der Waals surface area contributed by atoms with Crippen LogP contribution in [0.5, 0.6) is 0 Å². The monoisotopic (exact) mass is 250 g/mol. The van der Waals surface area contributed by atoms with Crippen molar-refractivity contribution in [3.63, 3.8) is 0 Å². The summed E-state index contributed by atoms with van der Waals surface area (Å²) in [6, 6.07) is 0.215. The predicted molar refractivity (Wildman–Crippen MR) is 71.2 cm³/mol. The first-order valence-electron chi connectivity index (χ1n) is 6.53. The highest BCUT2D eigenvalue weighted by Gasteiger charge is 2.34. The van der Waals surface area contributed by atoms with E-state index in [9.17, 15) is 4.79 Å². The number of nitrogens with one attached hydrogen (secondary N) is 2. The van der Waals surface area contributed by atoms with Gasteiger partial charge >= 0.3 is 0 Å². The number of nitrogens with zero attached hydrogens (tertiary/aromatic N) is 1. The molecule has 1 atom stereocenters. The molecule has 1 saturated carbocycles. The van der Waals surface area contributed by atoms with E-state index >= 15 is 0 Å². The molecule has 1 aromatic heterocycles. The molecule has 1 aromatic rings. The van der Waals surface area contributed by atoms with Crippen LogP contribution >= 0.6 is 0 Å². The fourth-order valence-electron chi connectivity index (χ4n) is 2.73. The van der Waals surface area contributed by atoms with Gasteiger partial charge in [0.25, 0.3) is 5.91 Å². The van der Waals surface area contributed by atoms with Crippen LogP contribution < -0.4 is 11.1 Å². The summed E-state index contributed by atoms with van der Waals surface area (Å²) >= 11 is 0. The van der Waals surface area contributed by atoms with Gasteiger partial charge in [0.2, 0.25) is 0 Å². The first-order valence-corrected chi connectivity index (χ1v) is 6.53. The minimum Gasteiger partial charge on any atom is -0.382 e. The standard InChI is InChI=1S/C13H22N4O/c1-8-10(11(14)17-16-8)12(18)15-9-6-4-5-7-13(9,2)3/h9H,4-7H2,1-3H3,(H,15,18)(H3,14,16,17). The van der Waals surface area contributed by atoms with Gasteiger partial charge in [-0.05, 0) is 25.2 Å². The summed E-state index contributed by atoms with van der Waals surface area (Å²) in [5, 5.41) is 9.71. The average Bonchev–Trinajstić information content (AvgIpc) is 2.61. The molecule has 18 heavy (non-hydrogen) atoms. The van der Waals surface area contributed by atoms with Crippen molar-refractivity contribution in [1.82, 2.24) is 15.5 Å². The molecule has 4 N–H and O–H groups in total. The fourth-order valence-corrected chi connectivity index (χ4v) is 2.73. The molecule has 0 aromatic carbocycles. The topological polar surface area (TPSA) is 83.8 Å². The number of amides is 1. The number of anilines is 1. The van der Waals surface area contributed by atoms with Crippen LogP contribution in [0.3, 0.4) is 0 Å². The van der Waals surface area contributed by atoms with Crippen molar-refractivity contribution < 1.29 is 4.79 Å². The van der Waals surface area contributed by atoms with E-state index in [1.165, 1.54) is 12.8 Å². The maximum Gasteiger partial charge on any atom is 0.257 e. The lowest BCUT2D eigenvalue weighted by Crippen LogP contribution is -2.47. The molecule has 0 aliphatic heterocycles. The highest BCUT2D eigenvalue weighted by Crippen LogP contribution is 2.35. The minimum atomic E-state index is -0.112. The highest BCUT2D eigenvalue weighted by molar-refractivity contribution is 5.99. The molecule has 1 aliphatic carbocycles. The third-order valence-electron chi connectivity index (χ3n) is 4.01. The molecule has 0 bridgehead atoms. The molecule has 5 heteroatoms. The molecule has 0 saturated heterocycles. The Labute approximate surface area is 108 Å². The van der Waals surface area contributed by atoms with E-state index in [0.717, 1.165) is 18.5 Å². The number of H-pyrrole nitrogens is 1. The molecule has 1 heterocycles. The summed E-state index contributed by atoms with van der Waals surface area (Å²) in [5.74, 6) is 0.164. The van der Waals surface area contributed by atoms with E-state index in [1.807, 2.05) is 6.92 Å². The number of aromatic nitrogens is 2. The molecule has 0 spiro atoms. The Morgan fingerprint density at radius 3 is 2.78 bits per heavy atom. The molecular formula is C13H22N4O. The van der Waals surface area contributed by atoms with Crippen LogP contribution in [0.15, 0.2) is 0 Å². The van der Waals surface area contributed by atoms with E-state index in [2.05, 4.69) is 29.4 Å². The van der Waals surface area contributed by atoms with Crippen LogP contribution in [0.2, 0.25) is 0 Å². The zero-order valence-corrected chi connectivity index (χ0v) is 11.3. The Kier molecular flexibility index (Phi) is 3.32. The summed E-state index contributed by atoms with van der Waals surface area (Å²) in [6.45, 7) is 6.23. The van der Waals surface area contributed by atoms with Crippen LogP contribution in [0.1, 0.15) is 55.6 Å². The smallest absolute Gasteiger partial charge is 0.257 e. The summed E-state index contributed by atoms with van der Waals surface area (Å²) in [5.41, 5.74) is 7.07. The van der Waals surface area contributed by atoms with Gasteiger partial charge in [0, 0.05) is 11.7 Å². The molecule has 1 fully saturated rings. The Bertz CT molecular complexity index is 430. The Hall–Kier alpha value is -1.52. The fraction of sp³-hybridized carbons (Fsp3) is 0.692. The molecular weight excluding hydrogens is 228 g/mol. The maximum atomic E-state index is 12.3. The van der Waals surface area contributed by atoms with Gasteiger partial charge < -0.3 is 11.1 Å². The van der Waals surface area contributed by atoms with E-state index in [1.54, 1.807) is 0 Å². The molecule has 5 nitrogen and oxygen atoms in total. The second kappa shape index (κ2) is 4.63. The lowest BCUT2D eigenvalue weighted by atomic mass is 9.73. The van der Waals surface area contributed by atoms with Gasteiger partial charge in [-0.25, -0.2) is 0 Å². The number of rotatable bonds is 2.